The van der Waals surface area contributed by atoms with E-state index in [4.69, 9.17) is 4.74 Å². The summed E-state index contributed by atoms with van der Waals surface area (Å²) in [7, 11) is 2.03. The van der Waals surface area contributed by atoms with Crippen molar-refractivity contribution in [3.8, 4) is 0 Å². The van der Waals surface area contributed by atoms with Crippen LogP contribution in [0.15, 0.2) is 24.4 Å². The molecule has 4 nitrogen and oxygen atoms in total. The Morgan fingerprint density at radius 1 is 1.59 bits per heavy atom. The van der Waals surface area contributed by atoms with Crippen molar-refractivity contribution < 1.29 is 4.74 Å². The number of hydrogen-bond acceptors (Lipinski definition) is 3. The third kappa shape index (κ3) is 2.88. The second kappa shape index (κ2) is 5.87. The normalized spacial score (nSPS) is 17.4. The van der Waals surface area contributed by atoms with Crippen molar-refractivity contribution in [2.24, 2.45) is 7.05 Å². The van der Waals surface area contributed by atoms with Crippen LogP contribution >= 0.6 is 0 Å². The van der Waals surface area contributed by atoms with Crippen molar-refractivity contribution in [3.05, 3.63) is 30.1 Å². The average molecular weight is 235 g/mol. The quantitative estimate of drug-likeness (QED) is 0.850. The molecule has 1 aromatic heterocycles. The monoisotopic (exact) mass is 235 g/mol. The lowest BCUT2D eigenvalue weighted by atomic mass is 9.99. The van der Waals surface area contributed by atoms with Crippen LogP contribution in [0.5, 0.6) is 0 Å². The molecular formula is C13H21N3O. The van der Waals surface area contributed by atoms with Gasteiger partial charge in [0.05, 0.1) is 37.1 Å². The van der Waals surface area contributed by atoms with E-state index in [1.54, 1.807) is 0 Å². The van der Waals surface area contributed by atoms with Crippen molar-refractivity contribution in [3.63, 3.8) is 0 Å². The molecule has 1 N–H and O–H groups in total. The van der Waals surface area contributed by atoms with Crippen molar-refractivity contribution in [2.45, 2.75) is 32.2 Å². The first-order valence-corrected chi connectivity index (χ1v) is 6.33. The van der Waals surface area contributed by atoms with E-state index in [2.05, 4.69) is 21.8 Å². The van der Waals surface area contributed by atoms with Crippen molar-refractivity contribution in [1.82, 2.24) is 14.9 Å². The van der Waals surface area contributed by atoms with Gasteiger partial charge in [0, 0.05) is 7.05 Å². The maximum atomic E-state index is 5.45. The largest absolute Gasteiger partial charge is 0.501 e. The van der Waals surface area contributed by atoms with Crippen LogP contribution in [-0.4, -0.2) is 22.7 Å². The topological polar surface area (TPSA) is 39.1 Å². The van der Waals surface area contributed by atoms with Gasteiger partial charge >= 0.3 is 0 Å². The van der Waals surface area contributed by atoms with Crippen LogP contribution in [0.2, 0.25) is 0 Å². The number of nitrogens with zero attached hydrogens (tertiary/aromatic N) is 2. The van der Waals surface area contributed by atoms with Gasteiger partial charge in [-0.15, -0.1) is 0 Å². The molecule has 0 saturated heterocycles. The van der Waals surface area contributed by atoms with Gasteiger partial charge in [-0.05, 0) is 31.4 Å². The van der Waals surface area contributed by atoms with Gasteiger partial charge in [0.15, 0.2) is 0 Å². The molecule has 1 aliphatic rings. The Hall–Kier alpha value is -1.29. The van der Waals surface area contributed by atoms with Crippen molar-refractivity contribution in [1.29, 1.82) is 0 Å². The third-order valence-electron chi connectivity index (χ3n) is 3.08. The molecule has 1 unspecified atom stereocenters. The molecule has 0 spiro atoms. The summed E-state index contributed by atoms with van der Waals surface area (Å²) in [5.41, 5.74) is 2.53. The minimum Gasteiger partial charge on any atom is -0.501 e. The van der Waals surface area contributed by atoms with Gasteiger partial charge in [-0.2, -0.15) is 0 Å². The minimum atomic E-state index is 0.239. The van der Waals surface area contributed by atoms with Gasteiger partial charge in [0.25, 0.3) is 0 Å². The molecular weight excluding hydrogens is 214 g/mol. The maximum Gasteiger partial charge on any atom is 0.0946 e. The van der Waals surface area contributed by atoms with Crippen LogP contribution in [0.4, 0.5) is 0 Å². The fourth-order valence-electron chi connectivity index (χ4n) is 2.16. The molecule has 1 atom stereocenters. The van der Waals surface area contributed by atoms with Crippen LogP contribution < -0.4 is 5.32 Å². The van der Waals surface area contributed by atoms with E-state index in [-0.39, 0.29) is 6.04 Å². The smallest absolute Gasteiger partial charge is 0.0946 e. The highest BCUT2D eigenvalue weighted by Gasteiger charge is 2.20. The zero-order valence-electron chi connectivity index (χ0n) is 10.6. The average Bonchev–Trinajstić information content (AvgIpc) is 2.78. The Labute approximate surface area is 103 Å². The number of aryl methyl sites for hydroxylation is 1. The first-order valence-electron chi connectivity index (χ1n) is 6.33. The van der Waals surface area contributed by atoms with Crippen LogP contribution in [0.3, 0.4) is 0 Å². The molecule has 0 fully saturated rings. The summed E-state index contributed by atoms with van der Waals surface area (Å²) in [6.45, 7) is 4.03. The zero-order chi connectivity index (χ0) is 12.1. The van der Waals surface area contributed by atoms with E-state index in [0.29, 0.717) is 0 Å². The number of nitrogens with one attached hydrogen (secondary N) is 1. The van der Waals surface area contributed by atoms with Crippen LogP contribution in [-0.2, 0) is 11.8 Å². The fourth-order valence-corrected chi connectivity index (χ4v) is 2.16. The first kappa shape index (κ1) is 12.2. The molecule has 0 aromatic carbocycles. The fraction of sp³-hybridized carbons (Fsp3) is 0.615. The molecule has 2 rings (SSSR count). The lowest BCUT2D eigenvalue weighted by Gasteiger charge is -2.24. The van der Waals surface area contributed by atoms with Gasteiger partial charge in [0.1, 0.15) is 0 Å². The Morgan fingerprint density at radius 3 is 3.06 bits per heavy atom. The molecule has 1 aliphatic heterocycles. The summed E-state index contributed by atoms with van der Waals surface area (Å²) in [4.78, 5) is 4.20. The highest BCUT2D eigenvalue weighted by molar-refractivity contribution is 5.21. The van der Waals surface area contributed by atoms with Crippen LogP contribution in [0.1, 0.15) is 37.9 Å². The Bertz CT molecular complexity index is 384. The van der Waals surface area contributed by atoms with E-state index >= 15 is 0 Å². The SMILES string of the molecule is CCCNC(C1=COCCC1)c1cncn1C. The highest BCUT2D eigenvalue weighted by Crippen LogP contribution is 2.27. The van der Waals surface area contributed by atoms with E-state index in [1.807, 2.05) is 25.8 Å². The minimum absolute atomic E-state index is 0.239. The predicted molar refractivity (Wildman–Crippen MR) is 67.5 cm³/mol. The molecule has 0 aliphatic carbocycles. The Balaban J connectivity index is 2.18. The first-order chi connectivity index (χ1) is 8.33. The van der Waals surface area contributed by atoms with Gasteiger partial charge in [-0.3, -0.25) is 0 Å². The molecule has 0 amide bonds. The predicted octanol–water partition coefficient (Wildman–Crippen LogP) is 2.16. The zero-order valence-corrected chi connectivity index (χ0v) is 10.6. The number of aromatic nitrogens is 2. The molecule has 4 heteroatoms. The Kier molecular flexibility index (Phi) is 4.20. The van der Waals surface area contributed by atoms with Crippen molar-refractivity contribution in [2.75, 3.05) is 13.2 Å². The summed E-state index contributed by atoms with van der Waals surface area (Å²) in [5, 5.41) is 3.57. The number of rotatable bonds is 5. The molecule has 2 heterocycles. The van der Waals surface area contributed by atoms with Gasteiger partial charge in [-0.25, -0.2) is 4.98 Å². The lowest BCUT2D eigenvalue weighted by molar-refractivity contribution is 0.219. The van der Waals surface area contributed by atoms with Crippen molar-refractivity contribution >= 4 is 0 Å². The maximum absolute atomic E-state index is 5.45. The van der Waals surface area contributed by atoms with Crippen LogP contribution in [0.25, 0.3) is 0 Å². The molecule has 0 bridgehead atoms. The highest BCUT2D eigenvalue weighted by atomic mass is 16.5. The standard InChI is InChI=1S/C13H21N3O/c1-3-6-15-13(11-5-4-7-17-9-11)12-8-14-10-16(12)2/h8-10,13,15H,3-7H2,1-2H3. The molecule has 94 valence electrons. The Morgan fingerprint density at radius 2 is 2.47 bits per heavy atom. The molecule has 0 saturated carbocycles. The molecule has 1 aromatic rings. The van der Waals surface area contributed by atoms with E-state index in [1.165, 1.54) is 11.3 Å². The van der Waals surface area contributed by atoms with E-state index in [0.717, 1.165) is 32.4 Å². The van der Waals surface area contributed by atoms with E-state index in [9.17, 15) is 0 Å². The summed E-state index contributed by atoms with van der Waals surface area (Å²) in [6, 6.07) is 0.239. The molecule has 17 heavy (non-hydrogen) atoms. The summed E-state index contributed by atoms with van der Waals surface area (Å²) in [5.74, 6) is 0. The number of imidazole rings is 1. The third-order valence-corrected chi connectivity index (χ3v) is 3.08. The van der Waals surface area contributed by atoms with Gasteiger partial charge < -0.3 is 14.6 Å². The van der Waals surface area contributed by atoms with Gasteiger partial charge in [-0.1, -0.05) is 6.92 Å². The lowest BCUT2D eigenvalue weighted by Crippen LogP contribution is -2.26. The second-order valence-electron chi connectivity index (χ2n) is 4.48. The summed E-state index contributed by atoms with van der Waals surface area (Å²) in [6.07, 6.45) is 9.04. The van der Waals surface area contributed by atoms with Crippen LogP contribution in [0, 0.1) is 0 Å². The number of hydrogen-bond donors (Lipinski definition) is 1. The van der Waals surface area contributed by atoms with E-state index < -0.39 is 0 Å². The van der Waals surface area contributed by atoms with Gasteiger partial charge in [0.2, 0.25) is 0 Å². The summed E-state index contributed by atoms with van der Waals surface area (Å²) < 4.78 is 7.52. The second-order valence-corrected chi connectivity index (χ2v) is 4.48. The molecule has 0 radical (unpaired) electrons. The summed E-state index contributed by atoms with van der Waals surface area (Å²) >= 11 is 0. The number of ether oxygens (including phenoxy) is 1.